The molecule has 0 saturated heterocycles. The smallest absolute Gasteiger partial charge is 0.151 e. The van der Waals surface area contributed by atoms with Crippen LogP contribution in [0.5, 0.6) is 0 Å². The van der Waals surface area contributed by atoms with Gasteiger partial charge in [-0.25, -0.2) is 0 Å². The van der Waals surface area contributed by atoms with Crippen molar-refractivity contribution < 1.29 is 25.2 Å². The number of rotatable bonds is 4. The van der Waals surface area contributed by atoms with E-state index < -0.39 is 24.9 Å². The summed E-state index contributed by atoms with van der Waals surface area (Å²) in [7, 11) is 0. The van der Waals surface area contributed by atoms with Gasteiger partial charge in [0.1, 0.15) is 11.7 Å². The van der Waals surface area contributed by atoms with Gasteiger partial charge in [-0.2, -0.15) is 0 Å². The predicted octanol–water partition coefficient (Wildman–Crippen LogP) is -2.74. The monoisotopic (exact) mass is 150 g/mol. The second-order valence-corrected chi connectivity index (χ2v) is 2.00. The zero-order valence-corrected chi connectivity index (χ0v) is 5.27. The second kappa shape index (κ2) is 3.62. The van der Waals surface area contributed by atoms with Crippen molar-refractivity contribution in [3.05, 3.63) is 0 Å². The van der Waals surface area contributed by atoms with Crippen molar-refractivity contribution in [2.75, 3.05) is 13.2 Å². The lowest BCUT2D eigenvalue weighted by Crippen LogP contribution is -2.49. The van der Waals surface area contributed by atoms with Crippen LogP contribution in [-0.2, 0) is 4.79 Å². The summed E-state index contributed by atoms with van der Waals surface area (Å²) in [6, 6.07) is 0. The van der Waals surface area contributed by atoms with E-state index in [1.54, 1.807) is 0 Å². The third-order valence-electron chi connectivity index (χ3n) is 1.23. The van der Waals surface area contributed by atoms with Gasteiger partial charge < -0.3 is 25.2 Å². The molecule has 0 rings (SSSR count). The van der Waals surface area contributed by atoms with Gasteiger partial charge in [0.2, 0.25) is 0 Å². The highest BCUT2D eigenvalue weighted by molar-refractivity contribution is 5.58. The number of carbonyl (C=O) groups is 1. The van der Waals surface area contributed by atoms with Crippen LogP contribution >= 0.6 is 0 Å². The third-order valence-corrected chi connectivity index (χ3v) is 1.23. The zero-order valence-electron chi connectivity index (χ0n) is 5.27. The fourth-order valence-electron chi connectivity index (χ4n) is 0.364. The molecule has 0 aliphatic rings. The first kappa shape index (κ1) is 9.51. The number of hydrogen-bond donors (Lipinski definition) is 4. The largest absolute Gasteiger partial charge is 0.393 e. The molecule has 0 aliphatic heterocycles. The molecule has 0 aliphatic carbocycles. The van der Waals surface area contributed by atoms with Crippen molar-refractivity contribution >= 4 is 6.29 Å². The number of aliphatic hydroxyl groups excluding tert-OH is 3. The van der Waals surface area contributed by atoms with E-state index in [9.17, 15) is 4.79 Å². The highest BCUT2D eigenvalue weighted by Crippen LogP contribution is 2.06. The summed E-state index contributed by atoms with van der Waals surface area (Å²) in [5.74, 6) is 0. The van der Waals surface area contributed by atoms with E-state index in [-0.39, 0.29) is 6.29 Å². The van der Waals surface area contributed by atoms with Gasteiger partial charge in [0.05, 0.1) is 13.2 Å². The number of hydrogen-bond acceptors (Lipinski definition) is 5. The Balaban J connectivity index is 4.15. The van der Waals surface area contributed by atoms with Gasteiger partial charge in [-0.05, 0) is 0 Å². The summed E-state index contributed by atoms with van der Waals surface area (Å²) in [6.45, 7) is -1.72. The van der Waals surface area contributed by atoms with Gasteiger partial charge in [0, 0.05) is 0 Å². The Morgan fingerprint density at radius 2 is 1.80 bits per heavy atom. The van der Waals surface area contributed by atoms with Crippen LogP contribution in [0.1, 0.15) is 0 Å². The summed E-state index contributed by atoms with van der Waals surface area (Å²) in [5, 5.41) is 34.3. The molecule has 0 amide bonds. The minimum absolute atomic E-state index is 0.0481. The zero-order chi connectivity index (χ0) is 8.20. The molecule has 0 saturated carbocycles. The first-order chi connectivity index (χ1) is 4.60. The maximum Gasteiger partial charge on any atom is 0.151 e. The van der Waals surface area contributed by atoms with Crippen molar-refractivity contribution in [2.45, 2.75) is 11.7 Å². The van der Waals surface area contributed by atoms with Crippen molar-refractivity contribution in [3.63, 3.8) is 0 Å². The van der Waals surface area contributed by atoms with Crippen LogP contribution in [0, 0.1) is 0 Å². The number of aldehydes is 1. The highest BCUT2D eigenvalue weighted by Gasteiger charge is 2.33. The number of aliphatic hydroxyl groups is 4. The Morgan fingerprint density at radius 1 is 1.40 bits per heavy atom. The average Bonchev–Trinajstić information content (AvgIpc) is 2.01. The summed E-state index contributed by atoms with van der Waals surface area (Å²) in [4.78, 5) is 9.84. The SMILES string of the molecule is O=C[C@@H](O)C(O)(CO)CO. The Morgan fingerprint density at radius 3 is 1.90 bits per heavy atom. The van der Waals surface area contributed by atoms with Crippen LogP contribution in [0.4, 0.5) is 0 Å². The standard InChI is InChI=1S/C5H10O5/c6-1-4(9)5(10,2-7)3-8/h1,4,7-10H,2-3H2/t4-/m1/s1. The van der Waals surface area contributed by atoms with Crippen LogP contribution in [0.3, 0.4) is 0 Å². The van der Waals surface area contributed by atoms with E-state index in [0.717, 1.165) is 0 Å². The summed E-state index contributed by atoms with van der Waals surface area (Å²) >= 11 is 0. The lowest BCUT2D eigenvalue weighted by atomic mass is 10.0. The van der Waals surface area contributed by atoms with E-state index in [2.05, 4.69) is 0 Å². The van der Waals surface area contributed by atoms with Crippen LogP contribution < -0.4 is 0 Å². The van der Waals surface area contributed by atoms with Gasteiger partial charge in [-0.15, -0.1) is 0 Å². The molecule has 0 aromatic carbocycles. The fraction of sp³-hybridized carbons (Fsp3) is 0.800. The van der Waals surface area contributed by atoms with E-state index in [1.807, 2.05) is 0 Å². The predicted molar refractivity (Wildman–Crippen MR) is 31.2 cm³/mol. The molecular weight excluding hydrogens is 140 g/mol. The van der Waals surface area contributed by atoms with Crippen LogP contribution in [0.25, 0.3) is 0 Å². The van der Waals surface area contributed by atoms with E-state index in [1.165, 1.54) is 0 Å². The fourth-order valence-corrected chi connectivity index (χ4v) is 0.364. The quantitative estimate of drug-likeness (QED) is 0.326. The second-order valence-electron chi connectivity index (χ2n) is 2.00. The first-order valence-corrected chi connectivity index (χ1v) is 2.68. The Kier molecular flexibility index (Phi) is 3.45. The van der Waals surface area contributed by atoms with E-state index in [0.29, 0.717) is 0 Å². The lowest BCUT2D eigenvalue weighted by Gasteiger charge is -2.24. The van der Waals surface area contributed by atoms with Crippen molar-refractivity contribution in [2.24, 2.45) is 0 Å². The summed E-state index contributed by atoms with van der Waals surface area (Å²) < 4.78 is 0. The molecule has 0 bridgehead atoms. The van der Waals surface area contributed by atoms with Crippen LogP contribution in [-0.4, -0.2) is 51.6 Å². The maximum atomic E-state index is 9.84. The molecule has 10 heavy (non-hydrogen) atoms. The van der Waals surface area contributed by atoms with Crippen molar-refractivity contribution in [1.29, 1.82) is 0 Å². The average molecular weight is 150 g/mol. The molecule has 5 heteroatoms. The van der Waals surface area contributed by atoms with Crippen molar-refractivity contribution in [3.8, 4) is 0 Å². The summed E-state index contributed by atoms with van der Waals surface area (Å²) in [5.41, 5.74) is -2.11. The van der Waals surface area contributed by atoms with Gasteiger partial charge in [0.15, 0.2) is 6.29 Å². The normalized spacial score (nSPS) is 14.8. The third kappa shape index (κ3) is 1.74. The number of carbonyl (C=O) groups excluding carboxylic acids is 1. The molecule has 0 spiro atoms. The Hall–Kier alpha value is -0.490. The molecule has 0 unspecified atom stereocenters. The van der Waals surface area contributed by atoms with Gasteiger partial charge >= 0.3 is 0 Å². The van der Waals surface area contributed by atoms with Crippen LogP contribution in [0.2, 0.25) is 0 Å². The molecular formula is C5H10O5. The molecule has 0 aromatic heterocycles. The van der Waals surface area contributed by atoms with Gasteiger partial charge in [-0.3, -0.25) is 0 Å². The summed E-state index contributed by atoms with van der Waals surface area (Å²) in [6.07, 6.45) is -1.70. The molecule has 0 fully saturated rings. The molecule has 0 aromatic rings. The minimum atomic E-state index is -2.11. The molecule has 0 radical (unpaired) electrons. The van der Waals surface area contributed by atoms with Crippen LogP contribution in [0.15, 0.2) is 0 Å². The van der Waals surface area contributed by atoms with Gasteiger partial charge in [-0.1, -0.05) is 0 Å². The molecule has 0 heterocycles. The molecule has 5 nitrogen and oxygen atoms in total. The minimum Gasteiger partial charge on any atom is -0.393 e. The lowest BCUT2D eigenvalue weighted by molar-refractivity contribution is -0.147. The topological polar surface area (TPSA) is 98.0 Å². The Bertz CT molecular complexity index is 109. The molecule has 60 valence electrons. The van der Waals surface area contributed by atoms with E-state index in [4.69, 9.17) is 20.4 Å². The Labute approximate surface area is 57.5 Å². The van der Waals surface area contributed by atoms with Crippen molar-refractivity contribution in [1.82, 2.24) is 0 Å². The molecule has 4 N–H and O–H groups in total. The van der Waals surface area contributed by atoms with Gasteiger partial charge in [0.25, 0.3) is 0 Å². The molecule has 1 atom stereocenters. The van der Waals surface area contributed by atoms with E-state index >= 15 is 0 Å². The first-order valence-electron chi connectivity index (χ1n) is 2.68. The highest BCUT2D eigenvalue weighted by atomic mass is 16.4. The maximum absolute atomic E-state index is 9.84.